The Morgan fingerprint density at radius 2 is 2.17 bits per heavy atom. The third-order valence-electron chi connectivity index (χ3n) is 2.36. The van der Waals surface area contributed by atoms with Gasteiger partial charge in [0.2, 0.25) is 0 Å². The van der Waals surface area contributed by atoms with Crippen LogP contribution in [0.2, 0.25) is 0 Å². The van der Waals surface area contributed by atoms with Gasteiger partial charge < -0.3 is 5.32 Å². The van der Waals surface area contributed by atoms with Crippen molar-refractivity contribution < 1.29 is 4.79 Å². The smallest absolute Gasteiger partial charge is 0.275 e. The van der Waals surface area contributed by atoms with Crippen LogP contribution < -0.4 is 5.32 Å². The summed E-state index contributed by atoms with van der Waals surface area (Å²) in [6.07, 6.45) is 3.25. The van der Waals surface area contributed by atoms with Gasteiger partial charge in [-0.15, -0.1) is 0 Å². The molecule has 5 nitrogen and oxygen atoms in total. The van der Waals surface area contributed by atoms with E-state index in [-0.39, 0.29) is 11.9 Å². The first-order valence-corrected chi connectivity index (χ1v) is 6.33. The van der Waals surface area contributed by atoms with Crippen LogP contribution in [-0.4, -0.2) is 20.7 Å². The van der Waals surface area contributed by atoms with Crippen LogP contribution >= 0.6 is 15.9 Å². The normalized spacial score (nSPS) is 10.7. The lowest BCUT2D eigenvalue weighted by molar-refractivity contribution is 0.102. The highest BCUT2D eigenvalue weighted by Crippen LogP contribution is 2.14. The Bertz CT molecular complexity index is 547. The van der Waals surface area contributed by atoms with E-state index >= 15 is 0 Å². The minimum atomic E-state index is -0.245. The van der Waals surface area contributed by atoms with Crippen molar-refractivity contribution in [2.45, 2.75) is 19.9 Å². The zero-order valence-electron chi connectivity index (χ0n) is 10.1. The van der Waals surface area contributed by atoms with E-state index in [0.717, 1.165) is 4.47 Å². The van der Waals surface area contributed by atoms with E-state index in [9.17, 15) is 4.79 Å². The van der Waals surface area contributed by atoms with Crippen LogP contribution in [0.5, 0.6) is 0 Å². The predicted octanol–water partition coefficient (Wildman–Crippen LogP) is 2.87. The molecule has 0 saturated heterocycles. The lowest BCUT2D eigenvalue weighted by Crippen LogP contribution is -2.17. The Morgan fingerprint density at radius 1 is 1.39 bits per heavy atom. The van der Waals surface area contributed by atoms with E-state index in [4.69, 9.17) is 0 Å². The topological polar surface area (TPSA) is 59.8 Å². The first-order chi connectivity index (χ1) is 8.58. The Labute approximate surface area is 113 Å². The number of carbonyl (C=O) groups is 1. The van der Waals surface area contributed by atoms with E-state index in [1.54, 1.807) is 35.3 Å². The van der Waals surface area contributed by atoms with Gasteiger partial charge in [0.05, 0.1) is 6.20 Å². The molecule has 0 fully saturated rings. The van der Waals surface area contributed by atoms with Gasteiger partial charge in [-0.2, -0.15) is 5.10 Å². The number of amides is 1. The van der Waals surface area contributed by atoms with E-state index in [2.05, 4.69) is 31.3 Å². The first-order valence-electron chi connectivity index (χ1n) is 5.54. The number of carbonyl (C=O) groups excluding carboxylic acids is 1. The number of hydrogen-bond acceptors (Lipinski definition) is 3. The molecule has 0 spiro atoms. The molecule has 1 N–H and O–H groups in total. The van der Waals surface area contributed by atoms with Gasteiger partial charge in [-0.3, -0.25) is 4.79 Å². The Hall–Kier alpha value is -1.69. The second kappa shape index (κ2) is 5.30. The molecule has 0 saturated carbocycles. The lowest BCUT2D eigenvalue weighted by Gasteiger charge is -2.11. The lowest BCUT2D eigenvalue weighted by atomic mass is 10.3. The fourth-order valence-electron chi connectivity index (χ4n) is 1.52. The van der Waals surface area contributed by atoms with Crippen LogP contribution in [0.1, 0.15) is 30.4 Å². The average molecular weight is 309 g/mol. The van der Waals surface area contributed by atoms with E-state index in [1.165, 1.54) is 0 Å². The van der Waals surface area contributed by atoms with Gasteiger partial charge in [0, 0.05) is 22.8 Å². The summed E-state index contributed by atoms with van der Waals surface area (Å²) >= 11 is 3.28. The third kappa shape index (κ3) is 2.76. The molecule has 2 heterocycles. The number of rotatable bonds is 3. The maximum Gasteiger partial charge on any atom is 0.275 e. The van der Waals surface area contributed by atoms with Crippen molar-refractivity contribution in [1.29, 1.82) is 0 Å². The molecule has 1 amide bonds. The summed E-state index contributed by atoms with van der Waals surface area (Å²) in [7, 11) is 0. The Morgan fingerprint density at radius 3 is 2.78 bits per heavy atom. The van der Waals surface area contributed by atoms with Crippen LogP contribution in [-0.2, 0) is 0 Å². The van der Waals surface area contributed by atoms with Gasteiger partial charge in [-0.25, -0.2) is 9.67 Å². The molecule has 18 heavy (non-hydrogen) atoms. The molecule has 0 atom stereocenters. The summed E-state index contributed by atoms with van der Waals surface area (Å²) in [6.45, 7) is 4.00. The van der Waals surface area contributed by atoms with Crippen molar-refractivity contribution in [3.05, 3.63) is 40.8 Å². The molecular formula is C12H13BrN4O. The monoisotopic (exact) mass is 308 g/mol. The minimum Gasteiger partial charge on any atom is -0.305 e. The van der Waals surface area contributed by atoms with Crippen molar-refractivity contribution in [1.82, 2.24) is 14.8 Å². The highest BCUT2D eigenvalue weighted by atomic mass is 79.9. The molecule has 2 aromatic rings. The Balaban J connectivity index is 2.16. The average Bonchev–Trinajstić information content (AvgIpc) is 2.78. The second-order valence-electron chi connectivity index (χ2n) is 4.07. The van der Waals surface area contributed by atoms with Gasteiger partial charge in [0.15, 0.2) is 0 Å². The summed E-state index contributed by atoms with van der Waals surface area (Å²) in [4.78, 5) is 16.0. The van der Waals surface area contributed by atoms with Gasteiger partial charge >= 0.3 is 0 Å². The first kappa shape index (κ1) is 12.8. The van der Waals surface area contributed by atoms with Gasteiger partial charge in [0.25, 0.3) is 5.91 Å². The molecule has 94 valence electrons. The van der Waals surface area contributed by atoms with Crippen molar-refractivity contribution in [2.75, 3.05) is 5.32 Å². The van der Waals surface area contributed by atoms with Gasteiger partial charge in [-0.05, 0) is 41.9 Å². The quantitative estimate of drug-likeness (QED) is 0.948. The van der Waals surface area contributed by atoms with Crippen LogP contribution in [0.4, 0.5) is 5.82 Å². The van der Waals surface area contributed by atoms with E-state index in [1.807, 2.05) is 13.8 Å². The van der Waals surface area contributed by atoms with Crippen LogP contribution in [0.3, 0.4) is 0 Å². The number of nitrogens with one attached hydrogen (secondary N) is 1. The molecule has 0 aliphatic carbocycles. The zero-order chi connectivity index (χ0) is 13.1. The van der Waals surface area contributed by atoms with Crippen LogP contribution in [0, 0.1) is 0 Å². The molecule has 6 heteroatoms. The molecule has 0 radical (unpaired) electrons. The van der Waals surface area contributed by atoms with Gasteiger partial charge in [-0.1, -0.05) is 0 Å². The molecule has 0 aliphatic rings. The Kier molecular flexibility index (Phi) is 3.76. The van der Waals surface area contributed by atoms with Crippen molar-refractivity contribution in [2.24, 2.45) is 0 Å². The molecular weight excluding hydrogens is 296 g/mol. The van der Waals surface area contributed by atoms with E-state index in [0.29, 0.717) is 11.5 Å². The zero-order valence-corrected chi connectivity index (χ0v) is 11.7. The van der Waals surface area contributed by atoms with Crippen LogP contribution in [0.25, 0.3) is 0 Å². The second-order valence-corrected chi connectivity index (χ2v) is 4.99. The standard InChI is InChI=1S/C12H13BrN4O/c1-8(2)17-11(5-6-15-17)16-12(18)10-4-3-9(13)7-14-10/h3-8H,1-2H3,(H,16,18). The van der Waals surface area contributed by atoms with Crippen molar-refractivity contribution in [3.8, 4) is 0 Å². The number of halogens is 1. The summed E-state index contributed by atoms with van der Waals surface area (Å²) < 4.78 is 2.59. The largest absolute Gasteiger partial charge is 0.305 e. The number of hydrogen-bond donors (Lipinski definition) is 1. The summed E-state index contributed by atoms with van der Waals surface area (Å²) in [5.74, 6) is 0.421. The summed E-state index contributed by atoms with van der Waals surface area (Å²) in [5.41, 5.74) is 0.370. The maximum atomic E-state index is 12.0. The fraction of sp³-hybridized carbons (Fsp3) is 0.250. The SMILES string of the molecule is CC(C)n1nccc1NC(=O)c1ccc(Br)cn1. The van der Waals surface area contributed by atoms with Crippen molar-refractivity contribution in [3.63, 3.8) is 0 Å². The number of aromatic nitrogens is 3. The maximum absolute atomic E-state index is 12.0. The predicted molar refractivity (Wildman–Crippen MR) is 72.5 cm³/mol. The number of pyridine rings is 1. The number of anilines is 1. The molecule has 2 aromatic heterocycles. The fourth-order valence-corrected chi connectivity index (χ4v) is 1.75. The molecule has 2 rings (SSSR count). The van der Waals surface area contributed by atoms with Crippen LogP contribution in [0.15, 0.2) is 35.1 Å². The third-order valence-corrected chi connectivity index (χ3v) is 2.83. The molecule has 0 aromatic carbocycles. The molecule has 0 bridgehead atoms. The summed E-state index contributed by atoms with van der Waals surface area (Å²) in [5, 5.41) is 6.94. The molecule has 0 aliphatic heterocycles. The summed E-state index contributed by atoms with van der Waals surface area (Å²) in [6, 6.07) is 5.39. The highest BCUT2D eigenvalue weighted by molar-refractivity contribution is 9.10. The highest BCUT2D eigenvalue weighted by Gasteiger charge is 2.11. The number of nitrogens with zero attached hydrogens (tertiary/aromatic N) is 3. The minimum absolute atomic E-state index is 0.188. The van der Waals surface area contributed by atoms with Gasteiger partial charge in [0.1, 0.15) is 11.5 Å². The van der Waals surface area contributed by atoms with E-state index < -0.39 is 0 Å². The molecule has 0 unspecified atom stereocenters. The van der Waals surface area contributed by atoms with Crippen molar-refractivity contribution >= 4 is 27.7 Å².